The van der Waals surface area contributed by atoms with Crippen LogP contribution in [0.4, 0.5) is 0 Å². The van der Waals surface area contributed by atoms with Crippen LogP contribution in [0.1, 0.15) is 50.5 Å². The van der Waals surface area contributed by atoms with Crippen LogP contribution in [0, 0.1) is 5.92 Å². The van der Waals surface area contributed by atoms with Gasteiger partial charge in [0.1, 0.15) is 0 Å². The molecule has 0 aliphatic heterocycles. The fraction of sp³-hybridized carbons (Fsp3) is 0.545. The van der Waals surface area contributed by atoms with Gasteiger partial charge >= 0.3 is 0 Å². The van der Waals surface area contributed by atoms with Gasteiger partial charge in [0, 0.05) is 24.6 Å². The van der Waals surface area contributed by atoms with Crippen molar-refractivity contribution in [3.05, 3.63) is 41.5 Å². The van der Waals surface area contributed by atoms with Crippen molar-refractivity contribution in [1.29, 1.82) is 0 Å². The number of hydrogen-bond donors (Lipinski definition) is 1. The first kappa shape index (κ1) is 18.8. The summed E-state index contributed by atoms with van der Waals surface area (Å²) in [6, 6.07) is 10.7. The van der Waals surface area contributed by atoms with Crippen molar-refractivity contribution in [3.63, 3.8) is 0 Å². The maximum Gasteiger partial charge on any atom is 0.224 e. The summed E-state index contributed by atoms with van der Waals surface area (Å²) < 4.78 is 0. The van der Waals surface area contributed by atoms with Crippen molar-refractivity contribution < 1.29 is 9.59 Å². The molecule has 2 aliphatic rings. The van der Waals surface area contributed by atoms with Gasteiger partial charge in [0.2, 0.25) is 5.91 Å². The van der Waals surface area contributed by atoms with E-state index in [1.807, 2.05) is 30.3 Å². The van der Waals surface area contributed by atoms with E-state index < -0.39 is 0 Å². The van der Waals surface area contributed by atoms with Crippen LogP contribution in [0.2, 0.25) is 0 Å². The van der Waals surface area contributed by atoms with Gasteiger partial charge in [-0.1, -0.05) is 30.3 Å². The Balaban J connectivity index is 1.53. The Morgan fingerprint density at radius 1 is 1.08 bits per heavy atom. The van der Waals surface area contributed by atoms with Crippen molar-refractivity contribution in [1.82, 2.24) is 10.2 Å². The quantitative estimate of drug-likeness (QED) is 0.851. The summed E-state index contributed by atoms with van der Waals surface area (Å²) >= 11 is 0. The molecule has 1 N–H and O–H groups in total. The van der Waals surface area contributed by atoms with Crippen LogP contribution in [0.5, 0.6) is 0 Å². The molecule has 1 saturated carbocycles. The molecule has 0 unspecified atom stereocenters. The molecule has 0 spiro atoms. The maximum atomic E-state index is 12.4. The number of amides is 1. The molecule has 1 aromatic carbocycles. The molecule has 0 heterocycles. The lowest BCUT2D eigenvalue weighted by molar-refractivity contribution is -0.122. The van der Waals surface area contributed by atoms with Gasteiger partial charge in [-0.25, -0.2) is 0 Å². The molecule has 4 nitrogen and oxygen atoms in total. The fourth-order valence-corrected chi connectivity index (χ4v) is 4.22. The van der Waals surface area contributed by atoms with Crippen molar-refractivity contribution in [2.75, 3.05) is 20.6 Å². The second kappa shape index (κ2) is 8.63. The summed E-state index contributed by atoms with van der Waals surface area (Å²) in [6.07, 6.45) is 6.24. The van der Waals surface area contributed by atoms with Gasteiger partial charge in [0.05, 0.1) is 6.42 Å². The number of carbonyl (C=O) groups is 2. The third-order valence-corrected chi connectivity index (χ3v) is 5.90. The fourth-order valence-electron chi connectivity index (χ4n) is 4.22. The molecule has 0 saturated heterocycles. The topological polar surface area (TPSA) is 49.4 Å². The summed E-state index contributed by atoms with van der Waals surface area (Å²) in [6.45, 7) is 0.737. The molecular formula is C22H30N2O2. The van der Waals surface area contributed by atoms with E-state index in [0.29, 0.717) is 24.0 Å². The first-order valence-electron chi connectivity index (χ1n) is 9.78. The molecule has 0 bridgehead atoms. The van der Waals surface area contributed by atoms with Crippen LogP contribution in [0.15, 0.2) is 35.9 Å². The average molecular weight is 354 g/mol. The zero-order valence-electron chi connectivity index (χ0n) is 16.0. The highest BCUT2D eigenvalue weighted by Crippen LogP contribution is 2.33. The largest absolute Gasteiger partial charge is 0.356 e. The lowest BCUT2D eigenvalue weighted by Crippen LogP contribution is -2.36. The van der Waals surface area contributed by atoms with Gasteiger partial charge in [-0.15, -0.1) is 0 Å². The zero-order valence-corrected chi connectivity index (χ0v) is 16.0. The molecule has 0 aromatic heterocycles. The minimum Gasteiger partial charge on any atom is -0.356 e. The number of benzene rings is 1. The van der Waals surface area contributed by atoms with E-state index in [9.17, 15) is 9.59 Å². The van der Waals surface area contributed by atoms with E-state index in [1.54, 1.807) is 0 Å². The molecule has 2 aliphatic carbocycles. The molecule has 0 atom stereocenters. The Bertz CT molecular complexity index is 671. The van der Waals surface area contributed by atoms with E-state index in [-0.39, 0.29) is 18.1 Å². The molecule has 4 heteroatoms. The number of nitrogens with zero attached hydrogens (tertiary/aromatic N) is 1. The highest BCUT2D eigenvalue weighted by molar-refractivity contribution is 6.10. The number of allylic oxidation sites excluding steroid dienone is 1. The molecule has 1 amide bonds. The predicted molar refractivity (Wildman–Crippen MR) is 105 cm³/mol. The van der Waals surface area contributed by atoms with Gasteiger partial charge in [0.25, 0.3) is 0 Å². The summed E-state index contributed by atoms with van der Waals surface area (Å²) in [4.78, 5) is 27.0. The second-order valence-electron chi connectivity index (χ2n) is 7.87. The molecule has 140 valence electrons. The molecule has 1 fully saturated rings. The third-order valence-electron chi connectivity index (χ3n) is 5.90. The minimum atomic E-state index is -0.0154. The highest BCUT2D eigenvalue weighted by atomic mass is 16.2. The predicted octanol–water partition coefficient (Wildman–Crippen LogP) is 3.43. The third kappa shape index (κ3) is 4.61. The summed E-state index contributed by atoms with van der Waals surface area (Å²) in [5, 5.41) is 3.08. The number of hydrogen-bond acceptors (Lipinski definition) is 3. The van der Waals surface area contributed by atoms with Gasteiger partial charge < -0.3 is 10.2 Å². The number of nitrogens with one attached hydrogen (secondary N) is 1. The Labute approximate surface area is 156 Å². The summed E-state index contributed by atoms with van der Waals surface area (Å²) in [5.41, 5.74) is 2.84. The van der Waals surface area contributed by atoms with Gasteiger partial charge in [-0.05, 0) is 63.3 Å². The molecule has 3 rings (SSSR count). The van der Waals surface area contributed by atoms with Gasteiger partial charge in [0.15, 0.2) is 5.78 Å². The summed E-state index contributed by atoms with van der Waals surface area (Å²) in [7, 11) is 4.28. The number of rotatable bonds is 6. The van der Waals surface area contributed by atoms with Crippen LogP contribution in [-0.2, 0) is 9.59 Å². The standard InChI is InChI=1S/C22H30N2O2/c1-24(2)18-10-8-16(9-11-18)15-23-22(26)14-20-19(12-13-21(20)25)17-6-4-3-5-7-17/h3-7,16,18H,8-15H2,1-2H3,(H,23,26). The minimum absolute atomic E-state index is 0.0154. The lowest BCUT2D eigenvalue weighted by Gasteiger charge is -2.32. The van der Waals surface area contributed by atoms with Crippen LogP contribution in [-0.4, -0.2) is 43.3 Å². The van der Waals surface area contributed by atoms with Crippen molar-refractivity contribution in [2.45, 2.75) is 51.0 Å². The first-order valence-corrected chi connectivity index (χ1v) is 9.78. The molecular weight excluding hydrogens is 324 g/mol. The van der Waals surface area contributed by atoms with Crippen molar-refractivity contribution in [2.24, 2.45) is 5.92 Å². The van der Waals surface area contributed by atoms with E-state index in [2.05, 4.69) is 24.3 Å². The van der Waals surface area contributed by atoms with Gasteiger partial charge in [-0.3, -0.25) is 9.59 Å². The zero-order chi connectivity index (χ0) is 18.5. The SMILES string of the molecule is CN(C)C1CCC(CNC(=O)CC2=C(c3ccccc3)CCC2=O)CC1. The normalized spacial score (nSPS) is 23.6. The first-order chi connectivity index (χ1) is 12.5. The number of ketones is 1. The Morgan fingerprint density at radius 3 is 2.42 bits per heavy atom. The number of Topliss-reactive ketones (excluding diaryl/α,β-unsaturated/α-hetero) is 1. The van der Waals surface area contributed by atoms with E-state index >= 15 is 0 Å². The van der Waals surface area contributed by atoms with Crippen LogP contribution >= 0.6 is 0 Å². The van der Waals surface area contributed by atoms with Crippen molar-refractivity contribution >= 4 is 17.3 Å². The molecule has 1 aromatic rings. The Morgan fingerprint density at radius 2 is 1.77 bits per heavy atom. The molecule has 0 radical (unpaired) electrons. The van der Waals surface area contributed by atoms with Crippen LogP contribution < -0.4 is 5.32 Å². The van der Waals surface area contributed by atoms with E-state index in [4.69, 9.17) is 0 Å². The van der Waals surface area contributed by atoms with E-state index in [1.165, 1.54) is 25.7 Å². The monoisotopic (exact) mass is 354 g/mol. The Kier molecular flexibility index (Phi) is 6.25. The van der Waals surface area contributed by atoms with Crippen LogP contribution in [0.3, 0.4) is 0 Å². The summed E-state index contributed by atoms with van der Waals surface area (Å²) in [5.74, 6) is 0.681. The molecule has 26 heavy (non-hydrogen) atoms. The van der Waals surface area contributed by atoms with Crippen LogP contribution in [0.25, 0.3) is 5.57 Å². The second-order valence-corrected chi connectivity index (χ2v) is 7.87. The van der Waals surface area contributed by atoms with Crippen molar-refractivity contribution in [3.8, 4) is 0 Å². The van der Waals surface area contributed by atoms with E-state index in [0.717, 1.165) is 24.1 Å². The highest BCUT2D eigenvalue weighted by Gasteiger charge is 2.26. The maximum absolute atomic E-state index is 12.4. The number of carbonyl (C=O) groups excluding carboxylic acids is 2. The Hall–Kier alpha value is -1.94. The smallest absolute Gasteiger partial charge is 0.224 e. The van der Waals surface area contributed by atoms with Gasteiger partial charge in [-0.2, -0.15) is 0 Å². The lowest BCUT2D eigenvalue weighted by atomic mass is 9.85. The average Bonchev–Trinajstić information content (AvgIpc) is 3.01.